The molecule has 0 aromatic carbocycles. The van der Waals surface area contributed by atoms with E-state index in [4.69, 9.17) is 11.6 Å². The van der Waals surface area contributed by atoms with Crippen molar-refractivity contribution >= 4 is 33.3 Å². The van der Waals surface area contributed by atoms with E-state index in [9.17, 15) is 0 Å². The summed E-state index contributed by atoms with van der Waals surface area (Å²) in [7, 11) is 4.07. The predicted octanol–water partition coefficient (Wildman–Crippen LogP) is 2.25. The largest absolute Gasteiger partial charge is 0.367 e. The number of likely N-dealkylation sites (N-methyl/N-ethyl adjacent to an activating group) is 1. The van der Waals surface area contributed by atoms with E-state index in [-0.39, 0.29) is 5.28 Å². The number of hydrogen-bond donors (Lipinski definition) is 1. The van der Waals surface area contributed by atoms with Gasteiger partial charge in [-0.25, -0.2) is 4.98 Å². The first-order valence-corrected chi connectivity index (χ1v) is 5.76. The molecule has 0 spiro atoms. The van der Waals surface area contributed by atoms with E-state index in [1.807, 2.05) is 14.1 Å². The van der Waals surface area contributed by atoms with Crippen LogP contribution in [-0.4, -0.2) is 41.5 Å². The van der Waals surface area contributed by atoms with Gasteiger partial charge >= 0.3 is 0 Å². The zero-order valence-corrected chi connectivity index (χ0v) is 11.3. The van der Waals surface area contributed by atoms with Gasteiger partial charge in [0, 0.05) is 18.8 Å². The summed E-state index contributed by atoms with van der Waals surface area (Å²) in [5.74, 6) is 0.726. The van der Waals surface area contributed by atoms with E-state index in [0.717, 1.165) is 16.8 Å². The topological polar surface area (TPSA) is 41.1 Å². The molecule has 1 aromatic heterocycles. The summed E-state index contributed by atoms with van der Waals surface area (Å²) in [5.41, 5.74) is 0. The third kappa shape index (κ3) is 3.93. The molecule has 0 saturated carbocycles. The Morgan fingerprint density at radius 1 is 1.60 bits per heavy atom. The second-order valence-corrected chi connectivity index (χ2v) is 4.72. The van der Waals surface area contributed by atoms with E-state index < -0.39 is 0 Å². The van der Waals surface area contributed by atoms with Crippen molar-refractivity contribution in [1.29, 1.82) is 0 Å². The molecule has 1 rings (SSSR count). The maximum atomic E-state index is 5.70. The fraction of sp³-hybridized carbons (Fsp3) is 0.556. The Balaban J connectivity index is 2.61. The third-order valence-corrected chi connectivity index (χ3v) is 2.92. The Hall–Kier alpha value is -0.390. The molecule has 0 bridgehead atoms. The average molecular weight is 294 g/mol. The fourth-order valence-electron chi connectivity index (χ4n) is 0.897. The van der Waals surface area contributed by atoms with E-state index in [1.54, 1.807) is 6.20 Å². The summed E-state index contributed by atoms with van der Waals surface area (Å²) in [5, 5.41) is 3.46. The summed E-state index contributed by atoms with van der Waals surface area (Å²) in [4.78, 5) is 10.1. The minimum absolute atomic E-state index is 0.248. The van der Waals surface area contributed by atoms with Gasteiger partial charge in [0.1, 0.15) is 5.82 Å². The molecule has 1 aromatic rings. The molecule has 0 amide bonds. The standard InChI is InChI=1S/C9H14BrClN4/c1-6(15(2)3)4-12-8-7(10)5-13-9(11)14-8/h5-6H,4H2,1-3H3,(H,12,13,14). The van der Waals surface area contributed by atoms with Crippen LogP contribution in [0.3, 0.4) is 0 Å². The van der Waals surface area contributed by atoms with Gasteiger partial charge in [-0.2, -0.15) is 4.98 Å². The molecule has 1 atom stereocenters. The Morgan fingerprint density at radius 3 is 2.87 bits per heavy atom. The van der Waals surface area contributed by atoms with Gasteiger partial charge < -0.3 is 10.2 Å². The van der Waals surface area contributed by atoms with E-state index in [2.05, 4.69) is 43.0 Å². The highest BCUT2D eigenvalue weighted by molar-refractivity contribution is 9.10. The van der Waals surface area contributed by atoms with Gasteiger partial charge in [0.05, 0.1) is 4.47 Å². The molecular weight excluding hydrogens is 279 g/mol. The Morgan fingerprint density at radius 2 is 2.27 bits per heavy atom. The summed E-state index contributed by atoms with van der Waals surface area (Å²) >= 11 is 9.06. The van der Waals surface area contributed by atoms with E-state index >= 15 is 0 Å². The van der Waals surface area contributed by atoms with Crippen LogP contribution in [0.2, 0.25) is 5.28 Å². The lowest BCUT2D eigenvalue weighted by molar-refractivity contribution is 0.326. The highest BCUT2D eigenvalue weighted by atomic mass is 79.9. The normalized spacial score (nSPS) is 12.9. The van der Waals surface area contributed by atoms with Crippen LogP contribution >= 0.6 is 27.5 Å². The Bertz CT molecular complexity index is 332. The quantitative estimate of drug-likeness (QED) is 0.865. The van der Waals surface area contributed by atoms with Gasteiger partial charge in [-0.15, -0.1) is 0 Å². The third-order valence-electron chi connectivity index (χ3n) is 2.16. The molecule has 0 aliphatic heterocycles. The van der Waals surface area contributed by atoms with Crippen molar-refractivity contribution in [2.24, 2.45) is 0 Å². The first-order chi connectivity index (χ1) is 7.00. The SMILES string of the molecule is CC(CNc1nc(Cl)ncc1Br)N(C)C. The average Bonchev–Trinajstić information content (AvgIpc) is 2.18. The number of hydrogen-bond acceptors (Lipinski definition) is 4. The van der Waals surface area contributed by atoms with Crippen molar-refractivity contribution in [1.82, 2.24) is 14.9 Å². The van der Waals surface area contributed by atoms with Gasteiger partial charge in [-0.1, -0.05) is 0 Å². The summed E-state index contributed by atoms with van der Waals surface area (Å²) in [6.07, 6.45) is 1.64. The summed E-state index contributed by atoms with van der Waals surface area (Å²) in [6.45, 7) is 2.93. The molecule has 0 saturated heterocycles. The molecule has 0 aliphatic carbocycles. The number of nitrogens with one attached hydrogen (secondary N) is 1. The number of anilines is 1. The van der Waals surface area contributed by atoms with Crippen molar-refractivity contribution in [3.63, 3.8) is 0 Å². The van der Waals surface area contributed by atoms with Crippen molar-refractivity contribution in [2.75, 3.05) is 26.0 Å². The smallest absolute Gasteiger partial charge is 0.224 e. The van der Waals surface area contributed by atoms with Crippen molar-refractivity contribution in [2.45, 2.75) is 13.0 Å². The lowest BCUT2D eigenvalue weighted by Crippen LogP contribution is -2.31. The molecule has 84 valence electrons. The molecule has 6 heteroatoms. The minimum Gasteiger partial charge on any atom is -0.367 e. The van der Waals surface area contributed by atoms with Gasteiger partial charge in [0.25, 0.3) is 0 Å². The number of halogens is 2. The van der Waals surface area contributed by atoms with E-state index in [1.165, 1.54) is 0 Å². The summed E-state index contributed by atoms with van der Waals surface area (Å²) in [6, 6.07) is 0.422. The van der Waals surface area contributed by atoms with Crippen LogP contribution in [0.15, 0.2) is 10.7 Å². The molecule has 1 N–H and O–H groups in total. The van der Waals surface area contributed by atoms with E-state index in [0.29, 0.717) is 6.04 Å². The second-order valence-electron chi connectivity index (χ2n) is 3.53. The van der Waals surface area contributed by atoms with Gasteiger partial charge in [0.2, 0.25) is 5.28 Å². The van der Waals surface area contributed by atoms with Crippen LogP contribution < -0.4 is 5.32 Å². The van der Waals surface area contributed by atoms with Gasteiger partial charge in [-0.3, -0.25) is 0 Å². The highest BCUT2D eigenvalue weighted by Gasteiger charge is 2.07. The molecule has 1 heterocycles. The zero-order valence-electron chi connectivity index (χ0n) is 8.96. The number of aromatic nitrogens is 2. The molecule has 0 radical (unpaired) electrons. The van der Waals surface area contributed by atoms with Crippen LogP contribution in [0.25, 0.3) is 0 Å². The lowest BCUT2D eigenvalue weighted by atomic mass is 10.3. The van der Waals surface area contributed by atoms with Gasteiger partial charge in [0.15, 0.2) is 0 Å². The number of rotatable bonds is 4. The fourth-order valence-corrected chi connectivity index (χ4v) is 1.36. The monoisotopic (exact) mass is 292 g/mol. The first kappa shape index (κ1) is 12.7. The lowest BCUT2D eigenvalue weighted by Gasteiger charge is -2.20. The maximum absolute atomic E-state index is 5.70. The van der Waals surface area contributed by atoms with Crippen LogP contribution in [0.4, 0.5) is 5.82 Å². The van der Waals surface area contributed by atoms with Crippen molar-refractivity contribution in [3.8, 4) is 0 Å². The maximum Gasteiger partial charge on any atom is 0.224 e. The van der Waals surface area contributed by atoms with Gasteiger partial charge in [-0.05, 0) is 48.5 Å². The van der Waals surface area contributed by atoms with Crippen molar-refractivity contribution in [3.05, 3.63) is 16.0 Å². The zero-order chi connectivity index (χ0) is 11.4. The van der Waals surface area contributed by atoms with Crippen LogP contribution in [0.1, 0.15) is 6.92 Å². The Kier molecular flexibility index (Phi) is 4.76. The minimum atomic E-state index is 0.248. The molecule has 0 fully saturated rings. The first-order valence-electron chi connectivity index (χ1n) is 4.59. The molecule has 15 heavy (non-hydrogen) atoms. The Labute approximate surface area is 103 Å². The predicted molar refractivity (Wildman–Crippen MR) is 66.4 cm³/mol. The number of nitrogens with zero attached hydrogens (tertiary/aromatic N) is 3. The molecule has 0 aliphatic rings. The van der Waals surface area contributed by atoms with Crippen LogP contribution in [-0.2, 0) is 0 Å². The summed E-state index contributed by atoms with van der Waals surface area (Å²) < 4.78 is 0.817. The van der Waals surface area contributed by atoms with Crippen molar-refractivity contribution < 1.29 is 0 Å². The second kappa shape index (κ2) is 5.63. The molecular formula is C9H14BrClN4. The molecule has 1 unspecified atom stereocenters. The van der Waals surface area contributed by atoms with Crippen LogP contribution in [0.5, 0.6) is 0 Å². The molecule has 4 nitrogen and oxygen atoms in total. The van der Waals surface area contributed by atoms with Crippen LogP contribution in [0, 0.1) is 0 Å². The highest BCUT2D eigenvalue weighted by Crippen LogP contribution is 2.19.